The third kappa shape index (κ3) is 25.6. The molecule has 0 aliphatic rings. The average molecular weight is 819 g/mol. The number of carbonyl (C=O) groups is 6. The molecule has 0 saturated carbocycles. The Morgan fingerprint density at radius 1 is 0.569 bits per heavy atom. The van der Waals surface area contributed by atoms with Crippen molar-refractivity contribution in [2.45, 2.75) is 118 Å². The van der Waals surface area contributed by atoms with E-state index in [0.29, 0.717) is 24.2 Å². The van der Waals surface area contributed by atoms with Crippen LogP contribution >= 0.6 is 0 Å². The summed E-state index contributed by atoms with van der Waals surface area (Å²) in [5, 5.41) is 17.8. The Hall–Kier alpha value is -5.52. The van der Waals surface area contributed by atoms with Gasteiger partial charge in [-0.05, 0) is 78.9 Å². The van der Waals surface area contributed by atoms with Gasteiger partial charge < -0.3 is 29.2 Å². The van der Waals surface area contributed by atoms with Crippen LogP contribution in [0.1, 0.15) is 115 Å². The first kappa shape index (κ1) is 64.4. The van der Waals surface area contributed by atoms with Crippen molar-refractivity contribution in [3.8, 4) is 0 Å². The lowest BCUT2D eigenvalue weighted by Crippen LogP contribution is -2.43. The van der Waals surface area contributed by atoms with E-state index in [1.165, 1.54) is 21.1 Å². The fraction of sp³-hybridized carbons (Fsp3) is 0.478. The van der Waals surface area contributed by atoms with Crippen molar-refractivity contribution >= 4 is 35.8 Å². The van der Waals surface area contributed by atoms with Crippen molar-refractivity contribution in [2.75, 3.05) is 14.2 Å². The number of carboxylic acid groups (broad SMARTS) is 2. The number of aliphatic carboxylic acids is 2. The number of methoxy groups -OCH3 is 2. The Balaban J connectivity index is -0.000000187. The van der Waals surface area contributed by atoms with E-state index < -0.39 is 40.1 Å². The number of ether oxygens (including phenoxy) is 4. The van der Waals surface area contributed by atoms with Crippen molar-refractivity contribution in [2.24, 2.45) is 16.2 Å². The second-order valence-electron chi connectivity index (χ2n) is 13.8. The molecular weight excluding hydrogens is 744 g/mol. The molecule has 330 valence electrons. The molecular formula is C46H74O12. The molecule has 0 heterocycles. The second kappa shape index (κ2) is 31.6. The van der Waals surface area contributed by atoms with Gasteiger partial charge in [-0.2, -0.15) is 0 Å². The van der Waals surface area contributed by atoms with Gasteiger partial charge in [0.15, 0.2) is 0 Å². The van der Waals surface area contributed by atoms with Crippen LogP contribution in [0.4, 0.5) is 0 Å². The predicted molar refractivity (Wildman–Crippen MR) is 233 cm³/mol. The summed E-state index contributed by atoms with van der Waals surface area (Å²) in [5.41, 5.74) is -0.403. The zero-order chi connectivity index (χ0) is 42.3. The van der Waals surface area contributed by atoms with Crippen molar-refractivity contribution < 1.29 is 57.9 Å². The lowest BCUT2D eigenvalue weighted by molar-refractivity contribution is -0.165. The molecule has 0 aliphatic carbocycles. The summed E-state index contributed by atoms with van der Waals surface area (Å²) in [6.07, 6.45) is 0.519. The minimum absolute atomic E-state index is 0. The van der Waals surface area contributed by atoms with Gasteiger partial charge in [-0.15, -0.1) is 0 Å². The summed E-state index contributed by atoms with van der Waals surface area (Å²) in [6, 6.07) is 18.9. The molecule has 12 heteroatoms. The summed E-state index contributed by atoms with van der Waals surface area (Å²) in [7, 11) is 2.61. The summed E-state index contributed by atoms with van der Waals surface area (Å²) in [4.78, 5) is 67.8. The van der Waals surface area contributed by atoms with E-state index in [-0.39, 0.29) is 66.7 Å². The van der Waals surface area contributed by atoms with Crippen LogP contribution < -0.4 is 0 Å². The van der Waals surface area contributed by atoms with Gasteiger partial charge in [0.25, 0.3) is 0 Å². The Morgan fingerprint density at radius 2 is 0.948 bits per heavy atom. The lowest BCUT2D eigenvalue weighted by atomic mass is 9.65. The zero-order valence-electron chi connectivity index (χ0n) is 33.4. The Bertz CT molecular complexity index is 1570. The highest BCUT2D eigenvalue weighted by molar-refractivity contribution is 5.87. The number of hydrogen-bond acceptors (Lipinski definition) is 10. The minimum Gasteiger partial charge on any atom is -0.481 e. The van der Waals surface area contributed by atoms with Gasteiger partial charge in [-0.3, -0.25) is 14.4 Å². The quantitative estimate of drug-likeness (QED) is 0.0988. The number of hydrogen-bond donors (Lipinski definition) is 2. The normalized spacial score (nSPS) is 11.4. The van der Waals surface area contributed by atoms with Crippen molar-refractivity contribution in [1.82, 2.24) is 0 Å². The molecule has 0 bridgehead atoms. The van der Waals surface area contributed by atoms with Crippen LogP contribution in [0.25, 0.3) is 0 Å². The summed E-state index contributed by atoms with van der Waals surface area (Å²) < 4.78 is 19.5. The fourth-order valence-electron chi connectivity index (χ4n) is 4.66. The zero-order valence-corrected chi connectivity index (χ0v) is 33.4. The molecule has 0 fully saturated rings. The van der Waals surface area contributed by atoms with Gasteiger partial charge in [0.05, 0.1) is 30.5 Å². The molecule has 0 aliphatic heterocycles. The third-order valence-corrected chi connectivity index (χ3v) is 7.81. The Morgan fingerprint density at radius 3 is 1.22 bits per heavy atom. The largest absolute Gasteiger partial charge is 0.481 e. The molecule has 2 N–H and O–H groups in total. The summed E-state index contributed by atoms with van der Waals surface area (Å²) in [5.74, 6) is -3.61. The number of rotatable bonds is 15. The van der Waals surface area contributed by atoms with Crippen LogP contribution in [0.15, 0.2) is 97.1 Å². The monoisotopic (exact) mass is 819 g/mol. The highest BCUT2D eigenvalue weighted by Gasteiger charge is 2.49. The van der Waals surface area contributed by atoms with E-state index in [1.54, 1.807) is 41.5 Å². The van der Waals surface area contributed by atoms with Crippen molar-refractivity contribution in [1.29, 1.82) is 0 Å². The van der Waals surface area contributed by atoms with Gasteiger partial charge in [-0.1, -0.05) is 117 Å². The SMILES string of the molecule is C.C.C.C.C=C(C)C(=O)O.C=C(C)C(=O)OC.C=C(C)C(=O)OCc1ccccc1.CCC(C)(CC(C)(CC(C)(C)C(=O)OC)C(=O)O)C(=O)OCc1ccccc1. The molecule has 2 atom stereocenters. The van der Waals surface area contributed by atoms with E-state index in [2.05, 4.69) is 24.5 Å². The van der Waals surface area contributed by atoms with Crippen molar-refractivity contribution in [3.05, 3.63) is 108 Å². The van der Waals surface area contributed by atoms with Crippen LogP contribution in [0, 0.1) is 16.2 Å². The molecule has 58 heavy (non-hydrogen) atoms. The topological polar surface area (TPSA) is 180 Å². The lowest BCUT2D eigenvalue weighted by Gasteiger charge is -2.38. The van der Waals surface area contributed by atoms with E-state index in [1.807, 2.05) is 67.6 Å². The van der Waals surface area contributed by atoms with Gasteiger partial charge >= 0.3 is 35.8 Å². The van der Waals surface area contributed by atoms with Crippen LogP contribution in [-0.4, -0.2) is 60.2 Å². The van der Waals surface area contributed by atoms with Gasteiger partial charge in [0.1, 0.15) is 13.2 Å². The molecule has 0 amide bonds. The highest BCUT2D eigenvalue weighted by Crippen LogP contribution is 2.45. The molecule has 12 nitrogen and oxygen atoms in total. The van der Waals surface area contributed by atoms with E-state index in [4.69, 9.17) is 19.3 Å². The first-order valence-electron chi connectivity index (χ1n) is 16.9. The average Bonchev–Trinajstić information content (AvgIpc) is 3.13. The highest BCUT2D eigenvalue weighted by atomic mass is 16.5. The summed E-state index contributed by atoms with van der Waals surface area (Å²) in [6.45, 7) is 23.5. The van der Waals surface area contributed by atoms with Gasteiger partial charge in [0, 0.05) is 16.7 Å². The van der Waals surface area contributed by atoms with Crippen LogP contribution in [0.2, 0.25) is 0 Å². The molecule has 0 aromatic heterocycles. The van der Waals surface area contributed by atoms with E-state index in [9.17, 15) is 33.9 Å². The van der Waals surface area contributed by atoms with Gasteiger partial charge in [0.2, 0.25) is 0 Å². The molecule has 0 spiro atoms. The number of carbonyl (C=O) groups excluding carboxylic acids is 4. The maximum atomic E-state index is 12.8. The van der Waals surface area contributed by atoms with Crippen LogP contribution in [0.5, 0.6) is 0 Å². The molecule has 2 aromatic carbocycles. The van der Waals surface area contributed by atoms with E-state index in [0.717, 1.165) is 11.1 Å². The van der Waals surface area contributed by atoms with Crippen LogP contribution in [-0.2, 0) is 60.9 Å². The molecule has 2 unspecified atom stereocenters. The fourth-order valence-corrected chi connectivity index (χ4v) is 4.66. The van der Waals surface area contributed by atoms with Gasteiger partial charge in [-0.25, -0.2) is 14.4 Å². The molecule has 0 saturated heterocycles. The number of esters is 4. The molecule has 2 aromatic rings. The third-order valence-electron chi connectivity index (χ3n) is 7.81. The number of carboxylic acids is 2. The first-order valence-corrected chi connectivity index (χ1v) is 16.9. The van der Waals surface area contributed by atoms with Crippen molar-refractivity contribution in [3.63, 3.8) is 0 Å². The minimum atomic E-state index is -1.30. The standard InChI is InChI=1S/C22H32O6.C11H12O2.C5H8O2.C4H6O2.4CH4/c1-7-21(4,19(26)28-13-16-11-9-8-10-12-16)15-22(5,17(23)24)14-20(2,3)18(25)27-6;1-9(2)11(12)13-8-10-6-4-3-5-7-10;1-4(2)5(6)7-3;1-3(2)4(5)6;;;;/h8-12H,7,13-15H2,1-6H3,(H,23,24);3-7H,1,8H2,2H3;1H2,2-3H3;1H2,2H3,(H,5,6);4*1H4. The Labute approximate surface area is 349 Å². The smallest absolute Gasteiger partial charge is 0.333 e. The predicted octanol–water partition coefficient (Wildman–Crippen LogP) is 10.4. The molecule has 0 radical (unpaired) electrons. The maximum absolute atomic E-state index is 12.8. The van der Waals surface area contributed by atoms with E-state index >= 15 is 0 Å². The molecule has 2 rings (SSSR count). The Kier molecular flexibility index (Phi) is 35.0. The van der Waals surface area contributed by atoms with Crippen LogP contribution in [0.3, 0.4) is 0 Å². The maximum Gasteiger partial charge on any atom is 0.333 e. The summed E-state index contributed by atoms with van der Waals surface area (Å²) >= 11 is 0. The second-order valence-corrected chi connectivity index (χ2v) is 13.8. The first-order chi connectivity index (χ1) is 24.9. The number of benzene rings is 2.